The number of amidine groups is 1. The van der Waals surface area contributed by atoms with E-state index in [2.05, 4.69) is 0 Å². The number of aromatic hydroxyl groups is 1. The van der Waals surface area contributed by atoms with Gasteiger partial charge in [-0.25, -0.2) is 4.79 Å². The van der Waals surface area contributed by atoms with Crippen molar-refractivity contribution in [3.05, 3.63) is 23.3 Å². The molecule has 5 N–H and O–H groups in total. The molecule has 2 rings (SSSR count). The zero-order valence-electron chi connectivity index (χ0n) is 14.3. The number of nitrogens with one attached hydrogen (secondary N) is 1. The van der Waals surface area contributed by atoms with E-state index in [-0.39, 0.29) is 36.1 Å². The Morgan fingerprint density at radius 1 is 1.40 bits per heavy atom. The predicted octanol–water partition coefficient (Wildman–Crippen LogP) is 0.802. The molecule has 0 saturated carbocycles. The summed E-state index contributed by atoms with van der Waals surface area (Å²) in [6.45, 7) is 4.85. The molecule has 1 aromatic rings. The fraction of sp³-hybridized carbons (Fsp3) is 0.500. The molecule has 0 bridgehead atoms. The van der Waals surface area contributed by atoms with E-state index in [1.165, 1.54) is 12.1 Å². The number of likely N-dealkylation sites (tertiary alicyclic amines) is 1. The Morgan fingerprint density at radius 2 is 2.04 bits per heavy atom. The minimum Gasteiger partial charge on any atom is -0.507 e. The lowest BCUT2D eigenvalue weighted by Crippen LogP contribution is -2.57. The highest BCUT2D eigenvalue weighted by Crippen LogP contribution is 2.34. The van der Waals surface area contributed by atoms with Crippen LogP contribution in [0, 0.1) is 11.3 Å². The number of ether oxygens (including phenoxy) is 1. The maximum Gasteiger partial charge on any atom is 0.451 e. The Hall–Kier alpha value is -2.26. The summed E-state index contributed by atoms with van der Waals surface area (Å²) in [5.41, 5.74) is -0.0167. The van der Waals surface area contributed by atoms with Crippen molar-refractivity contribution in [1.29, 1.82) is 5.41 Å². The summed E-state index contributed by atoms with van der Waals surface area (Å²) in [5.74, 6) is -1.04. The van der Waals surface area contributed by atoms with Gasteiger partial charge in [0.2, 0.25) is 0 Å². The summed E-state index contributed by atoms with van der Waals surface area (Å²) in [5, 5.41) is 45.3. The lowest BCUT2D eigenvalue weighted by Gasteiger charge is -2.41. The van der Waals surface area contributed by atoms with Crippen LogP contribution in [0.5, 0.6) is 11.5 Å². The van der Waals surface area contributed by atoms with Crippen molar-refractivity contribution in [2.45, 2.75) is 32.7 Å². The molecule has 1 heterocycles. The van der Waals surface area contributed by atoms with E-state index in [9.17, 15) is 15.0 Å². The van der Waals surface area contributed by atoms with E-state index in [1.54, 1.807) is 0 Å². The topological polar surface area (TPSA) is 134 Å². The zero-order chi connectivity index (χ0) is 18.7. The number of carboxylic acids is 1. The molecule has 25 heavy (non-hydrogen) atoms. The van der Waals surface area contributed by atoms with Crippen LogP contribution in [0.25, 0.3) is 0 Å². The van der Waals surface area contributed by atoms with Crippen LogP contribution in [-0.4, -0.2) is 63.3 Å². The van der Waals surface area contributed by atoms with Crippen LogP contribution in [0.4, 0.5) is 0 Å². The highest BCUT2D eigenvalue weighted by Gasteiger charge is 2.33. The van der Waals surface area contributed by atoms with Gasteiger partial charge in [0.25, 0.3) is 0 Å². The summed E-state index contributed by atoms with van der Waals surface area (Å²) >= 11 is 0. The van der Waals surface area contributed by atoms with Crippen LogP contribution >= 0.6 is 0 Å². The number of phenols is 1. The van der Waals surface area contributed by atoms with Gasteiger partial charge in [0, 0.05) is 5.92 Å². The molecule has 0 aromatic heterocycles. The third kappa shape index (κ3) is 4.43. The lowest BCUT2D eigenvalue weighted by molar-refractivity contribution is 0.0577. The second kappa shape index (κ2) is 7.75. The molecule has 0 amide bonds. The molecular weight excluding hydrogens is 327 g/mol. The van der Waals surface area contributed by atoms with Crippen LogP contribution in [-0.2, 0) is 6.42 Å². The van der Waals surface area contributed by atoms with Crippen LogP contribution < -0.4 is 4.74 Å². The molecular formula is C16H23BN2O6. The Balaban J connectivity index is 2.10. The van der Waals surface area contributed by atoms with Gasteiger partial charge in [-0.05, 0) is 24.4 Å². The first-order valence-corrected chi connectivity index (χ1v) is 8.15. The van der Waals surface area contributed by atoms with Crippen LogP contribution in [0.15, 0.2) is 12.1 Å². The van der Waals surface area contributed by atoms with Gasteiger partial charge >= 0.3 is 13.1 Å². The highest BCUT2D eigenvalue weighted by molar-refractivity contribution is 6.41. The Labute approximate surface area is 146 Å². The molecule has 0 spiro atoms. The molecule has 1 aliphatic rings. The van der Waals surface area contributed by atoms with Gasteiger partial charge in [0.1, 0.15) is 23.2 Å². The van der Waals surface area contributed by atoms with Gasteiger partial charge < -0.3 is 29.9 Å². The lowest BCUT2D eigenvalue weighted by atomic mass is 9.82. The Morgan fingerprint density at radius 3 is 2.56 bits per heavy atom. The van der Waals surface area contributed by atoms with E-state index in [1.807, 2.05) is 18.7 Å². The highest BCUT2D eigenvalue weighted by atomic mass is 16.5. The number of hydrogen-bond acceptors (Lipinski definition) is 6. The van der Waals surface area contributed by atoms with Crippen LogP contribution in [0.3, 0.4) is 0 Å². The fourth-order valence-corrected chi connectivity index (χ4v) is 2.66. The van der Waals surface area contributed by atoms with Gasteiger partial charge in [0.05, 0.1) is 18.9 Å². The largest absolute Gasteiger partial charge is 0.507 e. The summed E-state index contributed by atoms with van der Waals surface area (Å²) in [4.78, 5) is 13.4. The molecule has 8 nitrogen and oxygen atoms in total. The number of nitrogens with zero attached hydrogens (tertiary/aromatic N) is 1. The number of carboxylic acid groups (broad SMARTS) is 1. The molecule has 0 unspecified atom stereocenters. The van der Waals surface area contributed by atoms with Gasteiger partial charge in [0.15, 0.2) is 0 Å². The smallest absolute Gasteiger partial charge is 0.451 e. The van der Waals surface area contributed by atoms with Gasteiger partial charge in [-0.3, -0.25) is 5.41 Å². The molecule has 1 saturated heterocycles. The molecule has 1 aliphatic heterocycles. The minimum absolute atomic E-state index is 0.0122. The van der Waals surface area contributed by atoms with E-state index < -0.39 is 18.8 Å². The van der Waals surface area contributed by atoms with Crippen molar-refractivity contribution < 1.29 is 29.8 Å². The normalized spacial score (nSPS) is 14.4. The average molecular weight is 350 g/mol. The van der Waals surface area contributed by atoms with Crippen molar-refractivity contribution in [1.82, 2.24) is 4.90 Å². The fourth-order valence-electron chi connectivity index (χ4n) is 2.66. The predicted molar refractivity (Wildman–Crippen MR) is 92.3 cm³/mol. The summed E-state index contributed by atoms with van der Waals surface area (Å²) in [6.07, 6.45) is -0.129. The summed E-state index contributed by atoms with van der Waals surface area (Å²) in [7, 11) is -1.53. The third-order valence-electron chi connectivity index (χ3n) is 4.14. The van der Waals surface area contributed by atoms with Crippen LogP contribution in [0.2, 0.25) is 6.32 Å². The summed E-state index contributed by atoms with van der Waals surface area (Å²) in [6, 6.07) is 2.99. The quantitative estimate of drug-likeness (QED) is 0.279. The maximum absolute atomic E-state index is 11.5. The SMILES string of the molecule is CC(C)C(=N)N1CC(Oc2ccc(CCB(O)O)c(O)c2C(=O)O)C1. The molecule has 1 aromatic carbocycles. The monoisotopic (exact) mass is 350 g/mol. The number of aromatic carboxylic acids is 1. The Kier molecular flexibility index (Phi) is 5.91. The molecule has 1 fully saturated rings. The molecule has 0 aliphatic carbocycles. The first-order chi connectivity index (χ1) is 11.7. The standard InChI is InChI=1S/C16H23BN2O6/c1-9(2)15(18)19-7-11(8-19)25-12-4-3-10(5-6-17(23)24)14(20)13(12)16(21)22/h3-4,9,11,18,20,23-24H,5-8H2,1-2H3,(H,21,22). The minimum atomic E-state index is -1.53. The molecule has 0 radical (unpaired) electrons. The van der Waals surface area contributed by atoms with Gasteiger partial charge in [-0.2, -0.15) is 0 Å². The van der Waals surface area contributed by atoms with E-state index >= 15 is 0 Å². The van der Waals surface area contributed by atoms with Crippen molar-refractivity contribution in [3.63, 3.8) is 0 Å². The number of hydrogen-bond donors (Lipinski definition) is 5. The maximum atomic E-state index is 11.5. The first-order valence-electron chi connectivity index (χ1n) is 8.15. The van der Waals surface area contributed by atoms with Crippen molar-refractivity contribution in [3.8, 4) is 11.5 Å². The van der Waals surface area contributed by atoms with Crippen molar-refractivity contribution in [2.75, 3.05) is 13.1 Å². The number of benzene rings is 1. The zero-order valence-corrected chi connectivity index (χ0v) is 14.3. The second-order valence-corrected chi connectivity index (χ2v) is 6.46. The van der Waals surface area contributed by atoms with Crippen molar-refractivity contribution in [2.24, 2.45) is 5.92 Å². The van der Waals surface area contributed by atoms with Crippen molar-refractivity contribution >= 4 is 18.9 Å². The number of carbonyl (C=O) groups is 1. The van der Waals surface area contributed by atoms with E-state index in [4.69, 9.17) is 20.2 Å². The summed E-state index contributed by atoms with van der Waals surface area (Å²) < 4.78 is 5.69. The average Bonchev–Trinajstić information content (AvgIpc) is 2.48. The van der Waals surface area contributed by atoms with Gasteiger partial charge in [-0.15, -0.1) is 0 Å². The third-order valence-corrected chi connectivity index (χ3v) is 4.14. The number of aryl methyl sites for hydroxylation is 1. The molecule has 0 atom stereocenters. The molecule has 9 heteroatoms. The Bertz CT molecular complexity index is 658. The number of rotatable bonds is 7. The van der Waals surface area contributed by atoms with E-state index in [0.29, 0.717) is 24.5 Å². The second-order valence-electron chi connectivity index (χ2n) is 6.46. The van der Waals surface area contributed by atoms with E-state index in [0.717, 1.165) is 0 Å². The first kappa shape index (κ1) is 19.1. The van der Waals surface area contributed by atoms with Crippen LogP contribution in [0.1, 0.15) is 29.8 Å². The molecule has 136 valence electrons. The van der Waals surface area contributed by atoms with Gasteiger partial charge in [-0.1, -0.05) is 19.9 Å².